The highest BCUT2D eigenvalue weighted by Gasteiger charge is 2.33. The van der Waals surface area contributed by atoms with Gasteiger partial charge in [0.25, 0.3) is 0 Å². The Morgan fingerprint density at radius 1 is 0.895 bits per heavy atom. The molecule has 0 unspecified atom stereocenters. The third-order valence-electron chi connectivity index (χ3n) is 2.95. The second-order valence-corrected chi connectivity index (χ2v) is 4.11. The molecule has 0 aliphatic rings. The number of fused-ring (bicyclic) bond motifs is 3. The van der Waals surface area contributed by atoms with Crippen LogP contribution in [-0.2, 0) is 6.18 Å². The van der Waals surface area contributed by atoms with Crippen LogP contribution in [0.15, 0.2) is 51.7 Å². The largest absolute Gasteiger partial charge is 0.422 e. The van der Waals surface area contributed by atoms with E-state index < -0.39 is 17.4 Å². The van der Waals surface area contributed by atoms with Gasteiger partial charge < -0.3 is 4.42 Å². The lowest BCUT2D eigenvalue weighted by atomic mass is 10.0. The summed E-state index contributed by atoms with van der Waals surface area (Å²) in [6, 6.07) is 9.68. The minimum Gasteiger partial charge on any atom is -0.422 e. The van der Waals surface area contributed by atoms with Gasteiger partial charge in [0.05, 0.1) is 10.9 Å². The summed E-state index contributed by atoms with van der Waals surface area (Å²) >= 11 is 0. The molecule has 0 aliphatic heterocycles. The normalized spacial score (nSPS) is 12.2. The van der Waals surface area contributed by atoms with Crippen LogP contribution in [0.5, 0.6) is 0 Å². The first-order chi connectivity index (χ1) is 8.98. The predicted octanol–water partition coefficient (Wildman–Crippen LogP) is 3.97. The van der Waals surface area contributed by atoms with E-state index in [4.69, 9.17) is 4.42 Å². The van der Waals surface area contributed by atoms with Gasteiger partial charge in [-0.25, -0.2) is 4.79 Å². The van der Waals surface area contributed by atoms with E-state index in [1.165, 1.54) is 24.3 Å². The first kappa shape index (κ1) is 11.8. The van der Waals surface area contributed by atoms with Gasteiger partial charge in [-0.1, -0.05) is 24.3 Å². The van der Waals surface area contributed by atoms with E-state index in [1.54, 1.807) is 12.1 Å². The summed E-state index contributed by atoms with van der Waals surface area (Å²) in [4.78, 5) is 11.7. The molecule has 3 rings (SSSR count). The van der Waals surface area contributed by atoms with Crippen LogP contribution < -0.4 is 5.63 Å². The highest BCUT2D eigenvalue weighted by molar-refractivity contribution is 6.06. The van der Waals surface area contributed by atoms with Crippen molar-refractivity contribution < 1.29 is 17.6 Å². The summed E-state index contributed by atoms with van der Waals surface area (Å²) in [6.07, 6.45) is -4.50. The molecule has 0 bridgehead atoms. The zero-order chi connectivity index (χ0) is 13.6. The fraction of sp³-hybridized carbons (Fsp3) is 0.0714. The smallest absolute Gasteiger partial charge is 0.417 e. The quantitative estimate of drug-likeness (QED) is 0.454. The van der Waals surface area contributed by atoms with Crippen molar-refractivity contribution in [3.8, 4) is 0 Å². The van der Waals surface area contributed by atoms with E-state index in [9.17, 15) is 18.0 Å². The lowest BCUT2D eigenvalue weighted by Gasteiger charge is -2.11. The second-order valence-electron chi connectivity index (χ2n) is 4.11. The highest BCUT2D eigenvalue weighted by Crippen LogP contribution is 2.37. The third kappa shape index (κ3) is 1.78. The summed E-state index contributed by atoms with van der Waals surface area (Å²) in [5, 5.41) is 0.318. The molecule has 2 aromatic carbocycles. The van der Waals surface area contributed by atoms with Gasteiger partial charge in [-0.05, 0) is 18.2 Å². The van der Waals surface area contributed by atoms with Gasteiger partial charge in [-0.2, -0.15) is 13.2 Å². The van der Waals surface area contributed by atoms with Crippen LogP contribution in [0.25, 0.3) is 21.7 Å². The molecule has 0 aliphatic carbocycles. The maximum atomic E-state index is 13.0. The molecular weight excluding hydrogens is 257 g/mol. The third-order valence-corrected chi connectivity index (χ3v) is 2.95. The second kappa shape index (κ2) is 3.85. The molecule has 0 saturated carbocycles. The number of hydrogen-bond donors (Lipinski definition) is 0. The highest BCUT2D eigenvalue weighted by atomic mass is 19.4. The molecule has 1 aromatic heterocycles. The van der Waals surface area contributed by atoms with Crippen LogP contribution in [0.3, 0.4) is 0 Å². The number of halogens is 3. The Morgan fingerprint density at radius 3 is 2.26 bits per heavy atom. The van der Waals surface area contributed by atoms with Crippen LogP contribution in [0.1, 0.15) is 5.56 Å². The van der Waals surface area contributed by atoms with Gasteiger partial charge >= 0.3 is 11.8 Å². The maximum absolute atomic E-state index is 13.0. The zero-order valence-electron chi connectivity index (χ0n) is 9.49. The Kier molecular flexibility index (Phi) is 2.38. The van der Waals surface area contributed by atoms with Gasteiger partial charge in [0, 0.05) is 10.8 Å². The Hall–Kier alpha value is -2.30. The standard InChI is InChI=1S/C14H7F3O2/c15-14(16,17)10-6-3-7-11-12(10)8-4-1-2-5-9(8)13(18)19-11/h1-7H. The van der Waals surface area contributed by atoms with Gasteiger partial charge in [-0.3, -0.25) is 0 Å². The average molecular weight is 264 g/mol. The number of hydrogen-bond acceptors (Lipinski definition) is 2. The van der Waals surface area contributed by atoms with Gasteiger partial charge in [0.1, 0.15) is 5.58 Å². The van der Waals surface area contributed by atoms with E-state index in [0.717, 1.165) is 6.07 Å². The van der Waals surface area contributed by atoms with Gasteiger partial charge in [-0.15, -0.1) is 0 Å². The fourth-order valence-electron chi connectivity index (χ4n) is 2.16. The van der Waals surface area contributed by atoms with Crippen molar-refractivity contribution in [3.63, 3.8) is 0 Å². The van der Waals surface area contributed by atoms with Crippen molar-refractivity contribution in [1.82, 2.24) is 0 Å². The van der Waals surface area contributed by atoms with E-state index in [0.29, 0.717) is 0 Å². The van der Waals surface area contributed by atoms with Crippen LogP contribution in [-0.4, -0.2) is 0 Å². The van der Waals surface area contributed by atoms with Crippen molar-refractivity contribution >= 4 is 21.7 Å². The van der Waals surface area contributed by atoms with E-state index in [2.05, 4.69) is 0 Å². The molecule has 0 atom stereocenters. The van der Waals surface area contributed by atoms with Gasteiger partial charge in [0.2, 0.25) is 0 Å². The lowest BCUT2D eigenvalue weighted by Crippen LogP contribution is -2.08. The van der Waals surface area contributed by atoms with Crippen LogP contribution in [0.4, 0.5) is 13.2 Å². The summed E-state index contributed by atoms with van der Waals surface area (Å²) in [6.45, 7) is 0. The molecule has 0 radical (unpaired) electrons. The van der Waals surface area contributed by atoms with Gasteiger partial charge in [0.15, 0.2) is 0 Å². The summed E-state index contributed by atoms with van der Waals surface area (Å²) in [5.41, 5.74) is -1.49. The molecule has 0 N–H and O–H groups in total. The first-order valence-corrected chi connectivity index (χ1v) is 5.50. The fourth-order valence-corrected chi connectivity index (χ4v) is 2.16. The SMILES string of the molecule is O=c1oc2cccc(C(F)(F)F)c2c2ccccc12. The molecule has 0 amide bonds. The monoisotopic (exact) mass is 264 g/mol. The summed E-state index contributed by atoms with van der Waals surface area (Å²) < 4.78 is 44.0. The molecule has 96 valence electrons. The van der Waals surface area contributed by atoms with Crippen molar-refractivity contribution in [2.45, 2.75) is 6.18 Å². The lowest BCUT2D eigenvalue weighted by molar-refractivity contribution is -0.136. The Balaban J connectivity index is 2.62. The summed E-state index contributed by atoms with van der Waals surface area (Å²) in [5.74, 6) is 0. The number of rotatable bonds is 0. The topological polar surface area (TPSA) is 30.2 Å². The number of benzene rings is 2. The molecule has 0 saturated heterocycles. The minimum atomic E-state index is -4.50. The maximum Gasteiger partial charge on any atom is 0.417 e. The molecule has 5 heteroatoms. The van der Waals surface area contributed by atoms with E-state index in [1.807, 2.05) is 0 Å². The minimum absolute atomic E-state index is 0.0569. The van der Waals surface area contributed by atoms with Crippen LogP contribution in [0.2, 0.25) is 0 Å². The van der Waals surface area contributed by atoms with Crippen molar-refractivity contribution in [2.24, 2.45) is 0 Å². The predicted molar refractivity (Wildman–Crippen MR) is 65.0 cm³/mol. The molecular formula is C14H7F3O2. The zero-order valence-corrected chi connectivity index (χ0v) is 9.49. The Bertz CT molecular complexity index is 831. The van der Waals surface area contributed by atoms with Crippen molar-refractivity contribution in [1.29, 1.82) is 0 Å². The van der Waals surface area contributed by atoms with Crippen LogP contribution in [0, 0.1) is 0 Å². The molecule has 3 aromatic rings. The van der Waals surface area contributed by atoms with Crippen molar-refractivity contribution in [3.05, 3.63) is 58.4 Å². The molecule has 19 heavy (non-hydrogen) atoms. The molecule has 0 fully saturated rings. The molecule has 2 nitrogen and oxygen atoms in total. The Morgan fingerprint density at radius 2 is 1.58 bits per heavy atom. The summed E-state index contributed by atoms with van der Waals surface area (Å²) in [7, 11) is 0. The van der Waals surface area contributed by atoms with Crippen molar-refractivity contribution in [2.75, 3.05) is 0 Å². The molecule has 1 heterocycles. The van der Waals surface area contributed by atoms with E-state index in [-0.39, 0.29) is 21.7 Å². The van der Waals surface area contributed by atoms with Crippen LogP contribution >= 0.6 is 0 Å². The van der Waals surface area contributed by atoms with E-state index >= 15 is 0 Å². The molecule has 0 spiro atoms. The number of alkyl halides is 3. The Labute approximate surface area is 105 Å². The first-order valence-electron chi connectivity index (χ1n) is 5.50. The average Bonchev–Trinajstić information content (AvgIpc) is 2.37.